The second-order valence-corrected chi connectivity index (χ2v) is 8.00. The number of allylic oxidation sites excluding steroid dienone is 1. The molecule has 0 saturated heterocycles. The third-order valence-electron chi connectivity index (χ3n) is 5.12. The first-order valence-electron chi connectivity index (χ1n) is 8.40. The molecule has 0 radical (unpaired) electrons. The average Bonchev–Trinajstić information content (AvgIpc) is 3.12. The number of rotatable bonds is 6. The van der Waals surface area contributed by atoms with Crippen LogP contribution >= 0.6 is 11.8 Å². The zero-order valence-corrected chi connectivity index (χ0v) is 14.0. The van der Waals surface area contributed by atoms with Gasteiger partial charge in [-0.3, -0.25) is 9.80 Å². The van der Waals surface area contributed by atoms with Crippen LogP contribution in [0, 0.1) is 17.8 Å². The first-order chi connectivity index (χ1) is 10.2. The molecule has 3 aliphatic rings. The SMILES string of the molecule is CCCCN1N=C(C)S/C1=C\C(=O)CC1CC2CCC1C2. The summed E-state index contributed by atoms with van der Waals surface area (Å²) < 4.78 is 0. The van der Waals surface area contributed by atoms with Gasteiger partial charge in [0.15, 0.2) is 5.78 Å². The number of hydrogen-bond donors (Lipinski definition) is 0. The molecule has 0 N–H and O–H groups in total. The number of carbonyl (C=O) groups is 1. The van der Waals surface area contributed by atoms with Crippen LogP contribution in [0.3, 0.4) is 0 Å². The van der Waals surface area contributed by atoms with Crippen molar-refractivity contribution in [2.24, 2.45) is 22.9 Å². The number of ketones is 1. The third kappa shape index (κ3) is 3.53. The number of carbonyl (C=O) groups excluding carboxylic acids is 1. The van der Waals surface area contributed by atoms with Gasteiger partial charge in [0.2, 0.25) is 0 Å². The highest BCUT2D eigenvalue weighted by Gasteiger charge is 2.39. The lowest BCUT2D eigenvalue weighted by Gasteiger charge is -2.20. The molecule has 2 bridgehead atoms. The summed E-state index contributed by atoms with van der Waals surface area (Å²) in [5, 5.41) is 8.62. The molecule has 1 aliphatic heterocycles. The molecular formula is C17H26N2OS. The highest BCUT2D eigenvalue weighted by Crippen LogP contribution is 2.49. The van der Waals surface area contributed by atoms with Gasteiger partial charge in [-0.1, -0.05) is 31.5 Å². The highest BCUT2D eigenvalue weighted by molar-refractivity contribution is 8.17. The van der Waals surface area contributed by atoms with E-state index >= 15 is 0 Å². The molecule has 0 spiro atoms. The maximum atomic E-state index is 12.4. The molecule has 3 atom stereocenters. The molecule has 3 nitrogen and oxygen atoms in total. The molecule has 3 unspecified atom stereocenters. The van der Waals surface area contributed by atoms with Crippen LogP contribution in [0.2, 0.25) is 0 Å². The van der Waals surface area contributed by atoms with E-state index in [0.29, 0.717) is 11.7 Å². The maximum absolute atomic E-state index is 12.4. The second kappa shape index (κ2) is 6.55. The third-order valence-corrected chi connectivity index (χ3v) is 6.04. The molecular weight excluding hydrogens is 280 g/mol. The first kappa shape index (κ1) is 15.1. The molecule has 0 aromatic heterocycles. The number of fused-ring (bicyclic) bond motifs is 2. The number of thioether (sulfide) groups is 1. The maximum Gasteiger partial charge on any atom is 0.158 e. The Kier molecular flexibility index (Phi) is 4.72. The molecule has 116 valence electrons. The fourth-order valence-electron chi connectivity index (χ4n) is 4.10. The summed E-state index contributed by atoms with van der Waals surface area (Å²) in [6, 6.07) is 0. The summed E-state index contributed by atoms with van der Waals surface area (Å²) >= 11 is 1.64. The van der Waals surface area contributed by atoms with E-state index in [1.165, 1.54) is 25.7 Å². The Morgan fingerprint density at radius 3 is 2.95 bits per heavy atom. The monoisotopic (exact) mass is 306 g/mol. The summed E-state index contributed by atoms with van der Waals surface area (Å²) in [7, 11) is 0. The van der Waals surface area contributed by atoms with Gasteiger partial charge >= 0.3 is 0 Å². The van der Waals surface area contributed by atoms with Crippen LogP contribution in [-0.2, 0) is 4.79 Å². The molecule has 0 aromatic rings. The first-order valence-corrected chi connectivity index (χ1v) is 9.22. The van der Waals surface area contributed by atoms with Gasteiger partial charge < -0.3 is 0 Å². The van der Waals surface area contributed by atoms with Crippen molar-refractivity contribution in [2.75, 3.05) is 6.54 Å². The minimum absolute atomic E-state index is 0.307. The summed E-state index contributed by atoms with van der Waals surface area (Å²) in [6.07, 6.45) is 10.3. The van der Waals surface area contributed by atoms with E-state index in [-0.39, 0.29) is 0 Å². The van der Waals surface area contributed by atoms with Crippen molar-refractivity contribution in [3.63, 3.8) is 0 Å². The normalized spacial score (nSPS) is 33.0. The van der Waals surface area contributed by atoms with Crippen molar-refractivity contribution < 1.29 is 4.79 Å². The van der Waals surface area contributed by atoms with E-state index in [1.54, 1.807) is 11.8 Å². The number of hydrazone groups is 1. The Hall–Kier alpha value is -0.770. The van der Waals surface area contributed by atoms with Crippen molar-refractivity contribution >= 4 is 22.6 Å². The lowest BCUT2D eigenvalue weighted by molar-refractivity contribution is -0.115. The van der Waals surface area contributed by atoms with Crippen LogP contribution in [0.25, 0.3) is 0 Å². The Bertz CT molecular complexity index is 471. The summed E-state index contributed by atoms with van der Waals surface area (Å²) in [5.41, 5.74) is 0. The van der Waals surface area contributed by atoms with Gasteiger partial charge in [0, 0.05) is 19.0 Å². The fourth-order valence-corrected chi connectivity index (χ4v) is 4.97. The predicted octanol–water partition coefficient (Wildman–Crippen LogP) is 4.41. The Morgan fingerprint density at radius 1 is 1.43 bits per heavy atom. The topological polar surface area (TPSA) is 32.7 Å². The van der Waals surface area contributed by atoms with Crippen LogP contribution in [0.4, 0.5) is 0 Å². The smallest absolute Gasteiger partial charge is 0.158 e. The lowest BCUT2D eigenvalue weighted by atomic mass is 9.85. The molecule has 3 rings (SSSR count). The lowest BCUT2D eigenvalue weighted by Crippen LogP contribution is -2.17. The molecule has 0 amide bonds. The van der Waals surface area contributed by atoms with Gasteiger partial charge in [0.1, 0.15) is 5.03 Å². The zero-order chi connectivity index (χ0) is 14.8. The van der Waals surface area contributed by atoms with E-state index in [2.05, 4.69) is 12.0 Å². The number of unbranched alkanes of at least 4 members (excludes halogenated alkanes) is 1. The van der Waals surface area contributed by atoms with E-state index in [0.717, 1.165) is 47.7 Å². The quantitative estimate of drug-likeness (QED) is 0.682. The Balaban J connectivity index is 1.57. The van der Waals surface area contributed by atoms with Gasteiger partial charge in [-0.2, -0.15) is 5.10 Å². The summed E-state index contributed by atoms with van der Waals surface area (Å²) in [5.74, 6) is 2.72. The van der Waals surface area contributed by atoms with Crippen molar-refractivity contribution in [2.45, 2.75) is 58.8 Å². The predicted molar refractivity (Wildman–Crippen MR) is 89.0 cm³/mol. The minimum Gasteiger partial charge on any atom is -0.295 e. The van der Waals surface area contributed by atoms with E-state index in [4.69, 9.17) is 0 Å². The van der Waals surface area contributed by atoms with Crippen molar-refractivity contribution in [3.05, 3.63) is 11.1 Å². The standard InChI is InChI=1S/C17H26N2OS/c1-3-4-7-19-17(21-12(2)18-19)11-16(20)10-15-9-13-5-6-14(15)8-13/h11,13-15H,3-10H2,1-2H3/b17-11-. The fraction of sp³-hybridized carbons (Fsp3) is 0.765. The van der Waals surface area contributed by atoms with E-state index in [9.17, 15) is 4.79 Å². The van der Waals surface area contributed by atoms with Crippen molar-refractivity contribution in [1.29, 1.82) is 0 Å². The molecule has 21 heavy (non-hydrogen) atoms. The molecule has 0 aromatic carbocycles. The van der Waals surface area contributed by atoms with Gasteiger partial charge in [0.25, 0.3) is 0 Å². The van der Waals surface area contributed by atoms with Crippen molar-refractivity contribution in [1.82, 2.24) is 5.01 Å². The second-order valence-electron chi connectivity index (χ2n) is 6.79. The molecule has 4 heteroatoms. The summed E-state index contributed by atoms with van der Waals surface area (Å²) in [6.45, 7) is 5.13. The van der Waals surface area contributed by atoms with Gasteiger partial charge in [-0.25, -0.2) is 0 Å². The molecule has 1 heterocycles. The minimum atomic E-state index is 0.307. The molecule has 2 saturated carbocycles. The number of nitrogens with zero attached hydrogens (tertiary/aromatic N) is 2. The Morgan fingerprint density at radius 2 is 2.29 bits per heavy atom. The average molecular weight is 306 g/mol. The summed E-state index contributed by atoms with van der Waals surface area (Å²) in [4.78, 5) is 12.4. The van der Waals surface area contributed by atoms with Crippen LogP contribution < -0.4 is 0 Å². The van der Waals surface area contributed by atoms with Crippen LogP contribution in [0.5, 0.6) is 0 Å². The molecule has 2 aliphatic carbocycles. The van der Waals surface area contributed by atoms with Crippen LogP contribution in [0.15, 0.2) is 16.2 Å². The highest BCUT2D eigenvalue weighted by atomic mass is 32.2. The van der Waals surface area contributed by atoms with Crippen LogP contribution in [0.1, 0.15) is 58.8 Å². The largest absolute Gasteiger partial charge is 0.295 e. The zero-order valence-electron chi connectivity index (χ0n) is 13.2. The van der Waals surface area contributed by atoms with Gasteiger partial charge in [-0.15, -0.1) is 0 Å². The van der Waals surface area contributed by atoms with Gasteiger partial charge in [-0.05, 0) is 50.4 Å². The number of hydrogen-bond acceptors (Lipinski definition) is 4. The van der Waals surface area contributed by atoms with Gasteiger partial charge in [0.05, 0.1) is 5.04 Å². The van der Waals surface area contributed by atoms with Crippen LogP contribution in [-0.4, -0.2) is 22.4 Å². The van der Waals surface area contributed by atoms with Crippen molar-refractivity contribution in [3.8, 4) is 0 Å². The van der Waals surface area contributed by atoms with E-state index in [1.807, 2.05) is 18.0 Å². The van der Waals surface area contributed by atoms with E-state index < -0.39 is 0 Å². The Labute approximate surface area is 132 Å². The molecule has 2 fully saturated rings.